The fourth-order valence-electron chi connectivity index (χ4n) is 1.59. The van der Waals surface area contributed by atoms with Crippen molar-refractivity contribution in [1.82, 2.24) is 9.97 Å². The molecular weight excluding hydrogens is 314 g/mol. The van der Waals surface area contributed by atoms with Crippen molar-refractivity contribution in [3.8, 4) is 11.3 Å². The highest BCUT2D eigenvalue weighted by Gasteiger charge is 2.10. The second-order valence-electron chi connectivity index (χ2n) is 4.14. The molecule has 114 valence electrons. The third-order valence-corrected chi connectivity index (χ3v) is 3.36. The number of primary amides is 1. The standard InChI is InChI=1S/C12H15N5O2S.ClH/c13-3-1-2-10(18)17-12-16-9(6-20-12)7-4-8(11(14)19)15-5-7;/h4-6,15H,1-3,13H2,(H2,14,19)(H,16,17,18);1H. The number of hydrogen-bond donors (Lipinski definition) is 4. The van der Waals surface area contributed by atoms with Crippen molar-refractivity contribution in [2.45, 2.75) is 12.8 Å². The van der Waals surface area contributed by atoms with Crippen LogP contribution >= 0.6 is 23.7 Å². The van der Waals surface area contributed by atoms with Crippen molar-refractivity contribution < 1.29 is 9.59 Å². The van der Waals surface area contributed by atoms with Crippen LogP contribution in [0, 0.1) is 0 Å². The van der Waals surface area contributed by atoms with E-state index in [9.17, 15) is 9.59 Å². The zero-order chi connectivity index (χ0) is 14.5. The molecule has 0 unspecified atom stereocenters. The van der Waals surface area contributed by atoms with Crippen LogP contribution < -0.4 is 16.8 Å². The van der Waals surface area contributed by atoms with Crippen LogP contribution in [0.4, 0.5) is 5.13 Å². The summed E-state index contributed by atoms with van der Waals surface area (Å²) in [6.45, 7) is 0.482. The summed E-state index contributed by atoms with van der Waals surface area (Å²) in [5.41, 5.74) is 12.3. The number of anilines is 1. The van der Waals surface area contributed by atoms with Crippen LogP contribution in [0.5, 0.6) is 0 Å². The number of rotatable bonds is 6. The molecule has 2 heterocycles. The molecule has 2 aromatic rings. The first-order valence-electron chi connectivity index (χ1n) is 6.04. The maximum Gasteiger partial charge on any atom is 0.265 e. The van der Waals surface area contributed by atoms with Gasteiger partial charge >= 0.3 is 0 Å². The number of carbonyl (C=O) groups is 2. The van der Waals surface area contributed by atoms with Crippen LogP contribution in [-0.2, 0) is 4.79 Å². The molecule has 0 fully saturated rings. The van der Waals surface area contributed by atoms with Gasteiger partial charge in [-0.05, 0) is 19.0 Å². The van der Waals surface area contributed by atoms with E-state index in [-0.39, 0.29) is 18.3 Å². The topological polar surface area (TPSA) is 127 Å². The van der Waals surface area contributed by atoms with Crippen LogP contribution in [0.2, 0.25) is 0 Å². The maximum absolute atomic E-state index is 11.5. The van der Waals surface area contributed by atoms with Crippen LogP contribution in [-0.4, -0.2) is 28.3 Å². The van der Waals surface area contributed by atoms with Gasteiger partial charge in [-0.2, -0.15) is 0 Å². The summed E-state index contributed by atoms with van der Waals surface area (Å²) < 4.78 is 0. The molecule has 9 heteroatoms. The molecule has 0 aliphatic heterocycles. The third kappa shape index (κ3) is 4.55. The molecule has 2 aromatic heterocycles. The number of amides is 2. The molecular formula is C12H16ClN5O2S. The number of hydrogen-bond acceptors (Lipinski definition) is 5. The Bertz CT molecular complexity index is 625. The summed E-state index contributed by atoms with van der Waals surface area (Å²) in [4.78, 5) is 29.6. The Balaban J connectivity index is 0.00000220. The van der Waals surface area contributed by atoms with E-state index in [4.69, 9.17) is 11.5 Å². The number of nitrogens with two attached hydrogens (primary N) is 2. The van der Waals surface area contributed by atoms with E-state index < -0.39 is 5.91 Å². The second kappa shape index (κ2) is 7.77. The summed E-state index contributed by atoms with van der Waals surface area (Å²) in [6, 6.07) is 1.62. The van der Waals surface area contributed by atoms with Gasteiger partial charge in [0.1, 0.15) is 5.69 Å². The third-order valence-electron chi connectivity index (χ3n) is 2.60. The summed E-state index contributed by atoms with van der Waals surface area (Å²) in [7, 11) is 0. The first-order chi connectivity index (χ1) is 9.60. The fourth-order valence-corrected chi connectivity index (χ4v) is 2.33. The van der Waals surface area contributed by atoms with E-state index in [1.54, 1.807) is 17.6 Å². The van der Waals surface area contributed by atoms with Crippen molar-refractivity contribution >= 4 is 40.7 Å². The lowest BCUT2D eigenvalue weighted by Gasteiger charge is -1.99. The van der Waals surface area contributed by atoms with Gasteiger partial charge in [0.05, 0.1) is 5.69 Å². The van der Waals surface area contributed by atoms with Crippen molar-refractivity contribution in [1.29, 1.82) is 0 Å². The number of nitrogens with zero attached hydrogens (tertiary/aromatic N) is 1. The Morgan fingerprint density at radius 2 is 2.19 bits per heavy atom. The van der Waals surface area contributed by atoms with Gasteiger partial charge < -0.3 is 21.8 Å². The van der Waals surface area contributed by atoms with E-state index in [1.807, 2.05) is 0 Å². The Morgan fingerprint density at radius 1 is 1.43 bits per heavy atom. The highest BCUT2D eigenvalue weighted by Crippen LogP contribution is 2.25. The first-order valence-corrected chi connectivity index (χ1v) is 6.92. The Morgan fingerprint density at radius 3 is 2.81 bits per heavy atom. The number of halogens is 1. The van der Waals surface area contributed by atoms with Crippen LogP contribution in [0.25, 0.3) is 11.3 Å². The summed E-state index contributed by atoms with van der Waals surface area (Å²) in [5, 5.41) is 5.02. The fraction of sp³-hybridized carbons (Fsp3) is 0.250. The zero-order valence-corrected chi connectivity index (χ0v) is 12.7. The molecule has 2 amide bonds. The number of thiazole rings is 1. The van der Waals surface area contributed by atoms with Crippen molar-refractivity contribution in [3.63, 3.8) is 0 Å². The minimum absolute atomic E-state index is 0. The minimum Gasteiger partial charge on any atom is -0.364 e. The molecule has 0 saturated carbocycles. The van der Waals surface area contributed by atoms with Gasteiger partial charge in [-0.3, -0.25) is 9.59 Å². The van der Waals surface area contributed by atoms with Gasteiger partial charge in [-0.25, -0.2) is 4.98 Å². The number of nitrogens with one attached hydrogen (secondary N) is 2. The molecule has 0 saturated heterocycles. The van der Waals surface area contributed by atoms with Gasteiger partial charge in [-0.1, -0.05) is 0 Å². The van der Waals surface area contributed by atoms with Crippen molar-refractivity contribution in [2.24, 2.45) is 11.5 Å². The summed E-state index contributed by atoms with van der Waals surface area (Å²) >= 11 is 1.32. The molecule has 0 aliphatic rings. The van der Waals surface area contributed by atoms with Gasteiger partial charge in [0.25, 0.3) is 5.91 Å². The van der Waals surface area contributed by atoms with Gasteiger partial charge in [0.2, 0.25) is 5.91 Å². The number of H-pyrrole nitrogens is 1. The van der Waals surface area contributed by atoms with Gasteiger partial charge in [0.15, 0.2) is 5.13 Å². The molecule has 0 bridgehead atoms. The summed E-state index contributed by atoms with van der Waals surface area (Å²) in [6.07, 6.45) is 2.67. The normalized spacial score (nSPS) is 9.95. The largest absolute Gasteiger partial charge is 0.364 e. The second-order valence-corrected chi connectivity index (χ2v) is 5.00. The quantitative estimate of drug-likeness (QED) is 0.637. The number of aromatic nitrogens is 2. The van der Waals surface area contributed by atoms with Gasteiger partial charge in [0, 0.05) is 23.6 Å². The molecule has 7 nitrogen and oxygen atoms in total. The Labute approximate surface area is 131 Å². The van der Waals surface area contributed by atoms with Crippen molar-refractivity contribution in [3.05, 3.63) is 23.3 Å². The van der Waals surface area contributed by atoms with Crippen LogP contribution in [0.15, 0.2) is 17.6 Å². The predicted octanol–water partition coefficient (Wildman–Crippen LogP) is 1.34. The van der Waals surface area contributed by atoms with E-state index in [0.717, 1.165) is 5.56 Å². The highest BCUT2D eigenvalue weighted by molar-refractivity contribution is 7.14. The predicted molar refractivity (Wildman–Crippen MR) is 84.6 cm³/mol. The minimum atomic E-state index is -0.526. The van der Waals surface area contributed by atoms with Gasteiger partial charge in [-0.15, -0.1) is 23.7 Å². The van der Waals surface area contributed by atoms with Crippen LogP contribution in [0.3, 0.4) is 0 Å². The summed E-state index contributed by atoms with van der Waals surface area (Å²) in [5.74, 6) is -0.634. The molecule has 0 aliphatic carbocycles. The lowest BCUT2D eigenvalue weighted by atomic mass is 10.2. The average molecular weight is 330 g/mol. The average Bonchev–Trinajstić information content (AvgIpc) is 3.04. The monoisotopic (exact) mass is 329 g/mol. The van der Waals surface area contributed by atoms with E-state index in [2.05, 4.69) is 15.3 Å². The lowest BCUT2D eigenvalue weighted by molar-refractivity contribution is -0.116. The maximum atomic E-state index is 11.5. The first kappa shape index (κ1) is 17.2. The lowest BCUT2D eigenvalue weighted by Crippen LogP contribution is -2.13. The van der Waals surface area contributed by atoms with Crippen molar-refractivity contribution in [2.75, 3.05) is 11.9 Å². The molecule has 21 heavy (non-hydrogen) atoms. The molecule has 0 aromatic carbocycles. The SMILES string of the molecule is Cl.NCCCC(=O)Nc1nc(-c2c[nH]c(C(N)=O)c2)cs1. The highest BCUT2D eigenvalue weighted by atomic mass is 35.5. The van der Waals surface area contributed by atoms with Crippen LogP contribution in [0.1, 0.15) is 23.3 Å². The zero-order valence-electron chi connectivity index (χ0n) is 11.1. The number of aromatic amines is 1. The molecule has 0 spiro atoms. The molecule has 2 rings (SSSR count). The van der Waals surface area contributed by atoms with E-state index in [0.29, 0.717) is 35.9 Å². The number of carbonyl (C=O) groups excluding carboxylic acids is 2. The molecule has 0 radical (unpaired) electrons. The Hall–Kier alpha value is -1.90. The Kier molecular flexibility index (Phi) is 6.35. The van der Waals surface area contributed by atoms with E-state index in [1.165, 1.54) is 11.3 Å². The molecule has 0 atom stereocenters. The van der Waals surface area contributed by atoms with E-state index >= 15 is 0 Å². The smallest absolute Gasteiger partial charge is 0.265 e. The molecule has 6 N–H and O–H groups in total.